The van der Waals surface area contributed by atoms with Crippen LogP contribution in [-0.2, 0) is 14.8 Å². The normalized spacial score (nSPS) is 19.0. The molecule has 1 aliphatic carbocycles. The zero-order chi connectivity index (χ0) is 21.1. The highest BCUT2D eigenvalue weighted by atomic mass is 32.2. The van der Waals surface area contributed by atoms with E-state index in [1.165, 1.54) is 34.9 Å². The number of nitrogens with zero attached hydrogens (tertiary/aromatic N) is 2. The van der Waals surface area contributed by atoms with Gasteiger partial charge in [0.15, 0.2) is 0 Å². The number of sulfonamides is 1. The van der Waals surface area contributed by atoms with Crippen LogP contribution in [0.15, 0.2) is 40.6 Å². The zero-order valence-corrected chi connectivity index (χ0v) is 18.9. The summed E-state index contributed by atoms with van der Waals surface area (Å²) in [5.74, 6) is 0.0291. The first-order valence-corrected chi connectivity index (χ1v) is 12.8. The Hall–Kier alpha value is -1.74. The monoisotopic (exact) mass is 448 g/mol. The third-order valence-electron chi connectivity index (χ3n) is 5.98. The number of amides is 1. The minimum Gasteiger partial charge on any atom is -0.379 e. The number of thiophene rings is 1. The van der Waals surface area contributed by atoms with Crippen LogP contribution in [0.4, 0.5) is 0 Å². The number of carbonyl (C=O) groups is 1. The maximum atomic E-state index is 13.0. The van der Waals surface area contributed by atoms with E-state index in [1.807, 2.05) is 42.3 Å². The van der Waals surface area contributed by atoms with Crippen LogP contribution in [0.2, 0.25) is 0 Å². The first-order valence-electron chi connectivity index (χ1n) is 10.5. The molecule has 30 heavy (non-hydrogen) atoms. The quantitative estimate of drug-likeness (QED) is 0.697. The number of hydrogen-bond donors (Lipinski definition) is 0. The Kier molecular flexibility index (Phi) is 6.57. The fourth-order valence-corrected chi connectivity index (χ4v) is 7.04. The Morgan fingerprint density at radius 2 is 1.83 bits per heavy atom. The molecule has 1 saturated heterocycles. The fourth-order valence-electron chi connectivity index (χ4n) is 4.17. The molecule has 0 bridgehead atoms. The van der Waals surface area contributed by atoms with E-state index < -0.39 is 10.0 Å². The van der Waals surface area contributed by atoms with E-state index in [0.717, 1.165) is 23.3 Å². The van der Waals surface area contributed by atoms with Gasteiger partial charge in [-0.25, -0.2) is 8.42 Å². The lowest BCUT2D eigenvalue weighted by Crippen LogP contribution is -2.40. The Labute approximate surface area is 182 Å². The molecule has 0 unspecified atom stereocenters. The van der Waals surface area contributed by atoms with Gasteiger partial charge in [0.25, 0.3) is 15.9 Å². The van der Waals surface area contributed by atoms with Crippen molar-refractivity contribution in [2.75, 3.05) is 33.4 Å². The van der Waals surface area contributed by atoms with Gasteiger partial charge in [-0.3, -0.25) is 4.79 Å². The molecule has 1 aromatic heterocycles. The van der Waals surface area contributed by atoms with Crippen molar-refractivity contribution in [3.8, 4) is 10.4 Å². The van der Waals surface area contributed by atoms with E-state index in [2.05, 4.69) is 0 Å². The second-order valence-corrected chi connectivity index (χ2v) is 11.2. The predicted octanol–water partition coefficient (Wildman–Crippen LogP) is 3.84. The van der Waals surface area contributed by atoms with Gasteiger partial charge >= 0.3 is 0 Å². The largest absolute Gasteiger partial charge is 0.379 e. The molecule has 1 aromatic carbocycles. The molecule has 2 fully saturated rings. The van der Waals surface area contributed by atoms with Crippen LogP contribution in [0.3, 0.4) is 0 Å². The fraction of sp³-hybridized carbons (Fsp3) is 0.500. The van der Waals surface area contributed by atoms with Gasteiger partial charge in [-0.05, 0) is 42.7 Å². The molecule has 4 rings (SSSR count). The van der Waals surface area contributed by atoms with Crippen molar-refractivity contribution in [2.45, 2.75) is 42.4 Å². The molecule has 2 heterocycles. The molecule has 0 atom stereocenters. The predicted molar refractivity (Wildman–Crippen MR) is 118 cm³/mol. The van der Waals surface area contributed by atoms with Gasteiger partial charge in [0.2, 0.25) is 0 Å². The molecule has 1 amide bonds. The second kappa shape index (κ2) is 9.18. The van der Waals surface area contributed by atoms with Crippen LogP contribution in [0.1, 0.15) is 42.5 Å². The van der Waals surface area contributed by atoms with Crippen LogP contribution in [0.5, 0.6) is 0 Å². The lowest BCUT2D eigenvalue weighted by atomic mass is 9.94. The Bertz CT molecular complexity index is 990. The number of benzene rings is 1. The Balaban J connectivity index is 1.53. The summed E-state index contributed by atoms with van der Waals surface area (Å²) < 4.78 is 32.9. The van der Waals surface area contributed by atoms with Crippen molar-refractivity contribution >= 4 is 27.3 Å². The smallest absolute Gasteiger partial charge is 0.253 e. The number of morpholine rings is 1. The Morgan fingerprint density at radius 3 is 2.57 bits per heavy atom. The highest BCUT2D eigenvalue weighted by Gasteiger charge is 2.28. The molecule has 0 N–H and O–H groups in total. The summed E-state index contributed by atoms with van der Waals surface area (Å²) in [6, 6.07) is 11.3. The van der Waals surface area contributed by atoms with Crippen LogP contribution in [0, 0.1) is 0 Å². The average molecular weight is 449 g/mol. The highest BCUT2D eigenvalue weighted by molar-refractivity contribution is 7.91. The summed E-state index contributed by atoms with van der Waals surface area (Å²) in [6.07, 6.45) is 5.74. The third kappa shape index (κ3) is 4.46. The Morgan fingerprint density at radius 1 is 1.10 bits per heavy atom. The van der Waals surface area contributed by atoms with Crippen LogP contribution >= 0.6 is 11.3 Å². The van der Waals surface area contributed by atoms with Crippen molar-refractivity contribution in [3.05, 3.63) is 42.0 Å². The molecule has 8 heteroatoms. The lowest BCUT2D eigenvalue weighted by Gasteiger charge is -2.31. The molecule has 0 radical (unpaired) electrons. The van der Waals surface area contributed by atoms with E-state index in [-0.39, 0.29) is 5.91 Å². The van der Waals surface area contributed by atoms with E-state index in [4.69, 9.17) is 4.74 Å². The first-order chi connectivity index (χ1) is 14.5. The lowest BCUT2D eigenvalue weighted by molar-refractivity contribution is 0.0696. The third-order valence-corrected chi connectivity index (χ3v) is 9.48. The molecule has 162 valence electrons. The van der Waals surface area contributed by atoms with Gasteiger partial charge in [-0.2, -0.15) is 4.31 Å². The molecule has 1 saturated carbocycles. The number of carbonyl (C=O) groups excluding carboxylic acids is 1. The minimum atomic E-state index is -3.51. The summed E-state index contributed by atoms with van der Waals surface area (Å²) in [5, 5.41) is 0. The maximum absolute atomic E-state index is 13.0. The minimum absolute atomic E-state index is 0.0291. The molecular weight excluding hydrogens is 420 g/mol. The average Bonchev–Trinajstić information content (AvgIpc) is 3.31. The van der Waals surface area contributed by atoms with E-state index in [1.54, 1.807) is 6.07 Å². The van der Waals surface area contributed by atoms with E-state index >= 15 is 0 Å². The van der Waals surface area contributed by atoms with Gasteiger partial charge in [-0.1, -0.05) is 31.4 Å². The standard InChI is InChI=1S/C22H28N2O4S2/c1-23(19-8-3-2-4-9-19)22(25)18-7-5-6-17(16-18)20-10-11-21(29-20)30(26,27)24-12-14-28-15-13-24/h5-7,10-11,16,19H,2-4,8-9,12-15H2,1H3. The van der Waals surface area contributed by atoms with Gasteiger partial charge in [0.1, 0.15) is 4.21 Å². The van der Waals surface area contributed by atoms with Crippen molar-refractivity contribution in [1.29, 1.82) is 0 Å². The summed E-state index contributed by atoms with van der Waals surface area (Å²) in [6.45, 7) is 1.62. The molecule has 6 nitrogen and oxygen atoms in total. The van der Waals surface area contributed by atoms with E-state index in [0.29, 0.717) is 42.1 Å². The number of hydrogen-bond acceptors (Lipinski definition) is 5. The van der Waals surface area contributed by atoms with Gasteiger partial charge < -0.3 is 9.64 Å². The second-order valence-electron chi connectivity index (χ2n) is 7.92. The first kappa shape index (κ1) is 21.5. The van der Waals surface area contributed by atoms with Gasteiger partial charge in [-0.15, -0.1) is 11.3 Å². The van der Waals surface area contributed by atoms with E-state index in [9.17, 15) is 13.2 Å². The number of rotatable bonds is 5. The zero-order valence-electron chi connectivity index (χ0n) is 17.2. The van der Waals surface area contributed by atoms with Gasteiger partial charge in [0.05, 0.1) is 13.2 Å². The molecule has 2 aromatic rings. The van der Waals surface area contributed by atoms with Crippen LogP contribution in [0.25, 0.3) is 10.4 Å². The van der Waals surface area contributed by atoms with Crippen molar-refractivity contribution in [1.82, 2.24) is 9.21 Å². The molecular formula is C22H28N2O4S2. The molecule has 2 aliphatic rings. The summed E-state index contributed by atoms with van der Waals surface area (Å²) >= 11 is 1.25. The van der Waals surface area contributed by atoms with Crippen LogP contribution < -0.4 is 0 Å². The van der Waals surface area contributed by atoms with Crippen molar-refractivity contribution < 1.29 is 17.9 Å². The maximum Gasteiger partial charge on any atom is 0.253 e. The highest BCUT2D eigenvalue weighted by Crippen LogP contribution is 2.33. The number of ether oxygens (including phenoxy) is 1. The topological polar surface area (TPSA) is 66.9 Å². The SMILES string of the molecule is CN(C(=O)c1cccc(-c2ccc(S(=O)(=O)N3CCOCC3)s2)c1)C1CCCCC1. The summed E-state index contributed by atoms with van der Waals surface area (Å²) in [5.41, 5.74) is 1.51. The summed E-state index contributed by atoms with van der Waals surface area (Å²) in [7, 11) is -1.61. The van der Waals surface area contributed by atoms with Crippen LogP contribution in [-0.4, -0.2) is 62.9 Å². The molecule has 0 spiro atoms. The van der Waals surface area contributed by atoms with Crippen molar-refractivity contribution in [2.24, 2.45) is 0 Å². The van der Waals surface area contributed by atoms with Gasteiger partial charge in [0, 0.05) is 36.6 Å². The summed E-state index contributed by atoms with van der Waals surface area (Å²) in [4.78, 5) is 15.7. The van der Waals surface area contributed by atoms with Crippen molar-refractivity contribution in [3.63, 3.8) is 0 Å². The molecule has 1 aliphatic heterocycles.